The number of thiophene rings is 1. The maximum Gasteiger partial charge on any atom is 0.339 e. The average molecular weight is 429 g/mol. The number of carbonyl (C=O) groups is 2. The van der Waals surface area contributed by atoms with Crippen molar-refractivity contribution in [2.75, 3.05) is 12.4 Å². The summed E-state index contributed by atoms with van der Waals surface area (Å²) in [6, 6.07) is 7.13. The van der Waals surface area contributed by atoms with E-state index in [1.54, 1.807) is 19.2 Å². The molecule has 148 valence electrons. The molecule has 0 bridgehead atoms. The number of aromatic carboxylic acids is 1. The van der Waals surface area contributed by atoms with Gasteiger partial charge in [0.15, 0.2) is 6.29 Å². The van der Waals surface area contributed by atoms with Gasteiger partial charge in [-0.2, -0.15) is 0 Å². The molecular weight excluding hydrogens is 412 g/mol. The smallest absolute Gasteiger partial charge is 0.339 e. The molecule has 0 fully saturated rings. The van der Waals surface area contributed by atoms with Crippen LogP contribution >= 0.6 is 22.9 Å². The second-order valence-electron chi connectivity index (χ2n) is 5.38. The van der Waals surface area contributed by atoms with Gasteiger partial charge in [0.1, 0.15) is 16.3 Å². The van der Waals surface area contributed by atoms with Crippen molar-refractivity contribution in [3.05, 3.63) is 70.6 Å². The van der Waals surface area contributed by atoms with E-state index in [9.17, 15) is 14.7 Å². The van der Waals surface area contributed by atoms with Gasteiger partial charge in [0, 0.05) is 23.0 Å². The molecular formula is C20H17ClN4O3S. The molecule has 2 N–H and O–H groups in total. The van der Waals surface area contributed by atoms with Gasteiger partial charge in [-0.15, -0.1) is 21.5 Å². The number of halogens is 1. The fourth-order valence-corrected chi connectivity index (χ4v) is 3.35. The zero-order valence-electron chi connectivity index (χ0n) is 15.4. The largest absolute Gasteiger partial charge is 0.478 e. The zero-order chi connectivity index (χ0) is 21.4. The van der Waals surface area contributed by atoms with Crippen LogP contribution in [-0.4, -0.2) is 39.6 Å². The highest BCUT2D eigenvalue weighted by atomic mass is 35.5. The summed E-state index contributed by atoms with van der Waals surface area (Å²) in [6.45, 7) is 7.04. The van der Waals surface area contributed by atoms with Crippen molar-refractivity contribution in [1.82, 2.24) is 15.2 Å². The standard InChI is InChI=1S/C12H10ClNO2S.C8H7N3O/c1-14-11-10(12(15)16)9(6-17-11)7-2-4-8(13)5-3-7;1-3-6-7(4-2)10-11-8(5-12)9-6/h2-6,14H,1H3,(H,15,16);3-5H,1-2H2. The Morgan fingerprint density at radius 3 is 2.34 bits per heavy atom. The molecule has 29 heavy (non-hydrogen) atoms. The molecule has 0 saturated carbocycles. The number of aldehydes is 1. The van der Waals surface area contributed by atoms with Crippen molar-refractivity contribution >= 4 is 52.3 Å². The van der Waals surface area contributed by atoms with Crippen LogP contribution in [-0.2, 0) is 0 Å². The van der Waals surface area contributed by atoms with Crippen LogP contribution in [0.3, 0.4) is 0 Å². The lowest BCUT2D eigenvalue weighted by molar-refractivity contribution is 0.0699. The molecule has 3 rings (SSSR count). The van der Waals surface area contributed by atoms with Crippen LogP contribution in [0.15, 0.2) is 42.8 Å². The first-order valence-corrected chi connectivity index (χ1v) is 9.44. The lowest BCUT2D eigenvalue weighted by atomic mass is 10.0. The van der Waals surface area contributed by atoms with Gasteiger partial charge in [-0.25, -0.2) is 9.78 Å². The highest BCUT2D eigenvalue weighted by Crippen LogP contribution is 2.35. The number of nitrogens with one attached hydrogen (secondary N) is 1. The highest BCUT2D eigenvalue weighted by molar-refractivity contribution is 7.15. The number of anilines is 1. The Morgan fingerprint density at radius 1 is 1.17 bits per heavy atom. The number of carboxylic acid groups (broad SMARTS) is 1. The summed E-state index contributed by atoms with van der Waals surface area (Å²) in [7, 11) is 1.71. The minimum absolute atomic E-state index is 0.0514. The van der Waals surface area contributed by atoms with Crippen molar-refractivity contribution in [3.63, 3.8) is 0 Å². The van der Waals surface area contributed by atoms with Gasteiger partial charge in [-0.3, -0.25) is 4.79 Å². The molecule has 0 spiro atoms. The van der Waals surface area contributed by atoms with Crippen LogP contribution in [0.25, 0.3) is 23.3 Å². The zero-order valence-corrected chi connectivity index (χ0v) is 17.0. The normalized spacial score (nSPS) is 9.72. The van der Waals surface area contributed by atoms with Gasteiger partial charge in [0.25, 0.3) is 0 Å². The summed E-state index contributed by atoms with van der Waals surface area (Å²) in [5.41, 5.74) is 2.91. The van der Waals surface area contributed by atoms with E-state index in [4.69, 9.17) is 11.6 Å². The van der Waals surface area contributed by atoms with Crippen molar-refractivity contribution in [2.45, 2.75) is 0 Å². The SMILES string of the molecule is C=Cc1nnc(C=O)nc1C=C.CNc1scc(-c2ccc(Cl)cc2)c1C(=O)O. The molecule has 0 aliphatic carbocycles. The molecule has 0 aliphatic heterocycles. The Kier molecular flexibility index (Phi) is 7.76. The van der Waals surface area contributed by atoms with Gasteiger partial charge in [0.2, 0.25) is 5.82 Å². The van der Waals surface area contributed by atoms with Gasteiger partial charge < -0.3 is 10.4 Å². The third-order valence-corrected chi connectivity index (χ3v) is 4.89. The quantitative estimate of drug-likeness (QED) is 0.544. The maximum atomic E-state index is 11.2. The Balaban J connectivity index is 0.000000221. The second-order valence-corrected chi connectivity index (χ2v) is 6.70. The van der Waals surface area contributed by atoms with E-state index in [-0.39, 0.29) is 5.82 Å². The number of rotatable bonds is 6. The lowest BCUT2D eigenvalue weighted by Crippen LogP contribution is -2.00. The summed E-state index contributed by atoms with van der Waals surface area (Å²) < 4.78 is 0. The maximum absolute atomic E-state index is 11.2. The van der Waals surface area contributed by atoms with Crippen LogP contribution in [0.1, 0.15) is 32.4 Å². The van der Waals surface area contributed by atoms with Crippen molar-refractivity contribution in [1.29, 1.82) is 0 Å². The fraction of sp³-hybridized carbons (Fsp3) is 0.0500. The van der Waals surface area contributed by atoms with Crippen molar-refractivity contribution in [2.24, 2.45) is 0 Å². The molecule has 2 aromatic heterocycles. The Morgan fingerprint density at radius 2 is 1.83 bits per heavy atom. The molecule has 3 aromatic rings. The number of benzene rings is 1. The fourth-order valence-electron chi connectivity index (χ4n) is 2.30. The number of hydrogen-bond donors (Lipinski definition) is 2. The Labute approximate surface area is 176 Å². The third kappa shape index (κ3) is 5.34. The molecule has 0 aliphatic rings. The molecule has 0 saturated heterocycles. The third-order valence-electron chi connectivity index (χ3n) is 3.64. The first-order valence-electron chi connectivity index (χ1n) is 8.18. The van der Waals surface area contributed by atoms with Crippen molar-refractivity contribution < 1.29 is 14.7 Å². The number of carboxylic acids is 1. The van der Waals surface area contributed by atoms with Crippen molar-refractivity contribution in [3.8, 4) is 11.1 Å². The molecule has 9 heteroatoms. The minimum Gasteiger partial charge on any atom is -0.478 e. The molecule has 1 aromatic carbocycles. The van der Waals surface area contributed by atoms with Crippen LogP contribution in [0.5, 0.6) is 0 Å². The van der Waals surface area contributed by atoms with Gasteiger partial charge >= 0.3 is 5.97 Å². The predicted octanol–water partition coefficient (Wildman–Crippen LogP) is 4.78. The summed E-state index contributed by atoms with van der Waals surface area (Å²) in [4.78, 5) is 25.3. The molecule has 7 nitrogen and oxygen atoms in total. The molecule has 0 radical (unpaired) electrons. The molecule has 0 amide bonds. The second kappa shape index (κ2) is 10.3. The van der Waals surface area contributed by atoms with E-state index in [1.807, 2.05) is 17.5 Å². The van der Waals surface area contributed by atoms with E-state index in [1.165, 1.54) is 23.5 Å². The van der Waals surface area contributed by atoms with Crippen LogP contribution in [0.4, 0.5) is 5.00 Å². The lowest BCUT2D eigenvalue weighted by Gasteiger charge is -2.03. The average Bonchev–Trinajstić information content (AvgIpc) is 3.18. The Bertz CT molecular complexity index is 1050. The predicted molar refractivity (Wildman–Crippen MR) is 117 cm³/mol. The monoisotopic (exact) mass is 428 g/mol. The summed E-state index contributed by atoms with van der Waals surface area (Å²) in [6.07, 6.45) is 3.54. The van der Waals surface area contributed by atoms with Gasteiger partial charge in [-0.1, -0.05) is 36.9 Å². The summed E-state index contributed by atoms with van der Waals surface area (Å²) in [5.74, 6) is -0.879. The first kappa shape index (κ1) is 21.9. The van der Waals surface area contributed by atoms with E-state index in [0.29, 0.717) is 38.8 Å². The number of carbonyl (C=O) groups excluding carboxylic acids is 1. The van der Waals surface area contributed by atoms with E-state index >= 15 is 0 Å². The van der Waals surface area contributed by atoms with E-state index in [0.717, 1.165) is 5.56 Å². The highest BCUT2D eigenvalue weighted by Gasteiger charge is 2.18. The number of hydrogen-bond acceptors (Lipinski definition) is 7. The summed E-state index contributed by atoms with van der Waals surface area (Å²) >= 11 is 7.19. The minimum atomic E-state index is -0.930. The van der Waals surface area contributed by atoms with Gasteiger partial charge in [0.05, 0.1) is 5.69 Å². The molecule has 0 atom stereocenters. The molecule has 2 heterocycles. The van der Waals surface area contributed by atoms with Crippen LogP contribution < -0.4 is 5.32 Å². The van der Waals surface area contributed by atoms with E-state index in [2.05, 4.69) is 33.7 Å². The molecule has 0 unspecified atom stereocenters. The number of aromatic nitrogens is 3. The van der Waals surface area contributed by atoms with Crippen LogP contribution in [0, 0.1) is 0 Å². The first-order chi connectivity index (χ1) is 13.9. The Hall–Kier alpha value is -3.36. The van der Waals surface area contributed by atoms with Gasteiger partial charge in [-0.05, 0) is 29.8 Å². The number of nitrogens with zero attached hydrogens (tertiary/aromatic N) is 3. The topological polar surface area (TPSA) is 105 Å². The summed E-state index contributed by atoms with van der Waals surface area (Å²) in [5, 5.41) is 22.5. The van der Waals surface area contributed by atoms with E-state index < -0.39 is 5.97 Å². The van der Waals surface area contributed by atoms with Crippen LogP contribution in [0.2, 0.25) is 5.02 Å².